The summed E-state index contributed by atoms with van der Waals surface area (Å²) in [4.78, 5) is 8.32. The van der Waals surface area contributed by atoms with Crippen molar-refractivity contribution in [1.29, 1.82) is 0 Å². The van der Waals surface area contributed by atoms with Crippen LogP contribution in [0.5, 0.6) is 0 Å². The number of aromatic nitrogens is 2. The Balaban J connectivity index is 2.31. The molecule has 1 aromatic carbocycles. The monoisotopic (exact) mass is 412 g/mol. The van der Waals surface area contributed by atoms with E-state index in [1.54, 1.807) is 13.0 Å². The average molecular weight is 413 g/mol. The number of halogens is 5. The van der Waals surface area contributed by atoms with E-state index in [0.717, 1.165) is 15.7 Å². The van der Waals surface area contributed by atoms with Crippen molar-refractivity contribution in [3.8, 4) is 0 Å². The molecule has 0 atom stereocenters. The lowest BCUT2D eigenvalue weighted by Crippen LogP contribution is -2.06. The minimum absolute atomic E-state index is 0.210. The first kappa shape index (κ1) is 15.5. The summed E-state index contributed by atoms with van der Waals surface area (Å²) in [5.41, 5.74) is 0.535. The first-order valence-corrected chi connectivity index (χ1v) is 7.07. The molecule has 0 radical (unpaired) electrons. The lowest BCUT2D eigenvalue weighted by molar-refractivity contribution is -0.137. The van der Waals surface area contributed by atoms with Gasteiger partial charge in [-0.1, -0.05) is 29.8 Å². The van der Waals surface area contributed by atoms with Crippen LogP contribution in [-0.2, 0) is 12.6 Å². The van der Waals surface area contributed by atoms with Crippen LogP contribution in [0.15, 0.2) is 24.3 Å². The van der Waals surface area contributed by atoms with Gasteiger partial charge < -0.3 is 0 Å². The number of aryl methyl sites for hydroxylation is 1. The maximum atomic E-state index is 12.6. The largest absolute Gasteiger partial charge is 0.416 e. The van der Waals surface area contributed by atoms with E-state index in [-0.39, 0.29) is 6.42 Å². The van der Waals surface area contributed by atoms with Crippen molar-refractivity contribution in [1.82, 2.24) is 9.97 Å². The van der Waals surface area contributed by atoms with Crippen molar-refractivity contribution in [3.05, 3.63) is 55.6 Å². The van der Waals surface area contributed by atoms with Gasteiger partial charge in [0, 0.05) is 6.42 Å². The second kappa shape index (κ2) is 5.85. The van der Waals surface area contributed by atoms with E-state index in [9.17, 15) is 13.2 Å². The van der Waals surface area contributed by atoms with E-state index < -0.39 is 11.7 Å². The van der Waals surface area contributed by atoms with Gasteiger partial charge in [-0.15, -0.1) is 0 Å². The zero-order chi connectivity index (χ0) is 14.9. The van der Waals surface area contributed by atoms with Crippen molar-refractivity contribution in [3.63, 3.8) is 0 Å². The number of hydrogen-bond donors (Lipinski definition) is 0. The van der Waals surface area contributed by atoms with Crippen molar-refractivity contribution in [2.24, 2.45) is 0 Å². The summed E-state index contributed by atoms with van der Waals surface area (Å²) < 4.78 is 38.7. The second-order valence-corrected chi connectivity index (χ2v) is 5.64. The molecule has 20 heavy (non-hydrogen) atoms. The molecule has 0 fully saturated rings. The molecule has 0 saturated heterocycles. The molecule has 0 saturated carbocycles. The molecule has 0 spiro atoms. The molecule has 2 nitrogen and oxygen atoms in total. The zero-order valence-corrected chi connectivity index (χ0v) is 13.2. The highest BCUT2D eigenvalue weighted by molar-refractivity contribution is 14.1. The molecular formula is C13H9ClF3IN2. The summed E-state index contributed by atoms with van der Waals surface area (Å²) in [6.45, 7) is 1.78. The fourth-order valence-electron chi connectivity index (χ4n) is 1.70. The van der Waals surface area contributed by atoms with Gasteiger partial charge in [-0.05, 0) is 41.1 Å². The molecule has 0 bridgehead atoms. The van der Waals surface area contributed by atoms with Crippen molar-refractivity contribution < 1.29 is 13.2 Å². The van der Waals surface area contributed by atoms with E-state index in [2.05, 4.69) is 9.97 Å². The first-order chi connectivity index (χ1) is 9.27. The van der Waals surface area contributed by atoms with Crippen molar-refractivity contribution in [2.45, 2.75) is 19.5 Å². The molecule has 2 rings (SSSR count). The van der Waals surface area contributed by atoms with Gasteiger partial charge in [0.25, 0.3) is 0 Å². The Kier molecular flexibility index (Phi) is 4.53. The Morgan fingerprint density at radius 1 is 1.25 bits per heavy atom. The fourth-order valence-corrected chi connectivity index (χ4v) is 2.17. The quantitative estimate of drug-likeness (QED) is 0.530. The Morgan fingerprint density at radius 3 is 2.55 bits per heavy atom. The van der Waals surface area contributed by atoms with E-state index >= 15 is 0 Å². The zero-order valence-electron chi connectivity index (χ0n) is 10.3. The van der Waals surface area contributed by atoms with Crippen LogP contribution in [-0.4, -0.2) is 9.97 Å². The van der Waals surface area contributed by atoms with Gasteiger partial charge in [0.05, 0.1) is 14.8 Å². The van der Waals surface area contributed by atoms with Crippen LogP contribution in [0.4, 0.5) is 13.2 Å². The van der Waals surface area contributed by atoms with Gasteiger partial charge in [0.2, 0.25) is 0 Å². The van der Waals surface area contributed by atoms with Crippen molar-refractivity contribution >= 4 is 34.2 Å². The molecule has 2 aromatic rings. The molecule has 7 heteroatoms. The van der Waals surface area contributed by atoms with Gasteiger partial charge in [0.15, 0.2) is 0 Å². The molecule has 0 aliphatic heterocycles. The Morgan fingerprint density at radius 2 is 1.95 bits per heavy atom. The molecule has 0 unspecified atom stereocenters. The summed E-state index contributed by atoms with van der Waals surface area (Å²) >= 11 is 7.98. The maximum absolute atomic E-state index is 12.6. The lowest BCUT2D eigenvalue weighted by Gasteiger charge is -2.09. The van der Waals surface area contributed by atoms with Crippen LogP contribution in [0.3, 0.4) is 0 Å². The highest BCUT2D eigenvalue weighted by Gasteiger charge is 2.30. The number of nitrogens with zero attached hydrogens (tertiary/aromatic N) is 2. The van der Waals surface area contributed by atoms with Gasteiger partial charge in [-0.2, -0.15) is 13.2 Å². The Hall–Kier alpha value is -0.890. The molecule has 0 amide bonds. The summed E-state index contributed by atoms with van der Waals surface area (Å²) in [7, 11) is 0. The second-order valence-electron chi connectivity index (χ2n) is 4.20. The van der Waals surface area contributed by atoms with Crippen LogP contribution in [0.2, 0.25) is 5.15 Å². The third-order valence-corrected chi connectivity index (χ3v) is 4.52. The normalized spacial score (nSPS) is 11.7. The van der Waals surface area contributed by atoms with Crippen LogP contribution in [0, 0.1) is 10.5 Å². The topological polar surface area (TPSA) is 25.8 Å². The summed E-state index contributed by atoms with van der Waals surface area (Å²) in [5, 5.41) is 0.320. The van der Waals surface area contributed by atoms with Gasteiger partial charge in [0.1, 0.15) is 11.0 Å². The maximum Gasteiger partial charge on any atom is 0.416 e. The highest BCUT2D eigenvalue weighted by atomic mass is 127. The summed E-state index contributed by atoms with van der Waals surface area (Å²) in [6.07, 6.45) is -4.14. The van der Waals surface area contributed by atoms with Crippen LogP contribution in [0.1, 0.15) is 22.6 Å². The number of benzene rings is 1. The third-order valence-electron chi connectivity index (χ3n) is 2.64. The third kappa shape index (κ3) is 3.60. The molecular weight excluding hydrogens is 404 g/mol. The molecule has 1 aromatic heterocycles. The van der Waals surface area contributed by atoms with E-state index in [1.165, 1.54) is 6.07 Å². The molecule has 0 aliphatic rings. The predicted octanol–water partition coefficient (Wildman–Crippen LogP) is 4.65. The molecule has 0 N–H and O–H groups in total. The molecule has 106 valence electrons. The van der Waals surface area contributed by atoms with Crippen LogP contribution in [0.25, 0.3) is 0 Å². The van der Waals surface area contributed by atoms with Gasteiger partial charge in [-0.3, -0.25) is 0 Å². The smallest absolute Gasteiger partial charge is 0.237 e. The molecule has 0 aliphatic carbocycles. The minimum Gasteiger partial charge on any atom is -0.237 e. The first-order valence-electron chi connectivity index (χ1n) is 5.62. The van der Waals surface area contributed by atoms with Gasteiger partial charge >= 0.3 is 6.18 Å². The average Bonchev–Trinajstić information content (AvgIpc) is 2.35. The molecule has 1 heterocycles. The van der Waals surface area contributed by atoms with Crippen LogP contribution >= 0.6 is 34.2 Å². The number of rotatable bonds is 2. The van der Waals surface area contributed by atoms with E-state index in [4.69, 9.17) is 11.6 Å². The van der Waals surface area contributed by atoms with Gasteiger partial charge in [-0.25, -0.2) is 9.97 Å². The SMILES string of the molecule is Cc1nc(Cc2cccc(C(F)(F)F)c2)nc(Cl)c1I. The fraction of sp³-hybridized carbons (Fsp3) is 0.231. The highest BCUT2D eigenvalue weighted by Crippen LogP contribution is 2.30. The standard InChI is InChI=1S/C13H9ClF3IN2/c1-7-11(18)12(14)20-10(19-7)6-8-3-2-4-9(5-8)13(15,16)17/h2-5H,6H2,1H3. The van der Waals surface area contributed by atoms with E-state index in [1.807, 2.05) is 22.6 Å². The van der Waals surface area contributed by atoms with Crippen LogP contribution < -0.4 is 0 Å². The van der Waals surface area contributed by atoms with E-state index in [0.29, 0.717) is 22.2 Å². The minimum atomic E-state index is -4.35. The number of alkyl halides is 3. The Bertz CT molecular complexity index is 621. The summed E-state index contributed by atoms with van der Waals surface area (Å²) in [6, 6.07) is 5.13. The van der Waals surface area contributed by atoms with Crippen molar-refractivity contribution in [2.75, 3.05) is 0 Å². The predicted molar refractivity (Wildman–Crippen MR) is 78.7 cm³/mol. The Labute approximate surface area is 132 Å². The summed E-state index contributed by atoms with van der Waals surface area (Å²) in [5.74, 6) is 0.409. The lowest BCUT2D eigenvalue weighted by atomic mass is 10.1. The number of hydrogen-bond acceptors (Lipinski definition) is 2.